The Morgan fingerprint density at radius 3 is 2.65 bits per heavy atom. The van der Waals surface area contributed by atoms with Gasteiger partial charge in [0.15, 0.2) is 5.65 Å². The monoisotopic (exact) mass is 364 g/mol. The van der Waals surface area contributed by atoms with Crippen molar-refractivity contribution in [3.8, 4) is 5.69 Å². The fourth-order valence-electron chi connectivity index (χ4n) is 3.04. The number of rotatable bonds is 3. The smallest absolute Gasteiger partial charge is 0.264 e. The zero-order valence-corrected chi connectivity index (χ0v) is 15.2. The van der Waals surface area contributed by atoms with Crippen molar-refractivity contribution in [3.63, 3.8) is 0 Å². The van der Waals surface area contributed by atoms with Crippen LogP contribution < -0.4 is 5.56 Å². The van der Waals surface area contributed by atoms with Crippen molar-refractivity contribution >= 4 is 22.6 Å². The van der Waals surface area contributed by atoms with Gasteiger partial charge in [-0.15, -0.1) is 0 Å². The molecule has 0 aliphatic heterocycles. The Morgan fingerprint density at radius 2 is 1.88 bits per heavy atom. The van der Waals surface area contributed by atoms with Crippen molar-refractivity contribution < 1.29 is 0 Å². The molecule has 2 heterocycles. The van der Waals surface area contributed by atoms with Crippen molar-refractivity contribution in [3.05, 3.63) is 87.1 Å². The Labute approximate surface area is 155 Å². The van der Waals surface area contributed by atoms with E-state index in [1.807, 2.05) is 56.3 Å². The zero-order chi connectivity index (χ0) is 18.3. The van der Waals surface area contributed by atoms with E-state index < -0.39 is 0 Å². The van der Waals surface area contributed by atoms with Gasteiger partial charge in [0.1, 0.15) is 11.7 Å². The summed E-state index contributed by atoms with van der Waals surface area (Å²) in [6.45, 7) is 4.39. The Bertz CT molecular complexity index is 1180. The molecule has 0 fully saturated rings. The molecule has 0 radical (unpaired) electrons. The van der Waals surface area contributed by atoms with Gasteiger partial charge in [-0.2, -0.15) is 5.10 Å². The first-order chi connectivity index (χ1) is 12.5. The summed E-state index contributed by atoms with van der Waals surface area (Å²) in [4.78, 5) is 17.4. The second-order valence-corrected chi connectivity index (χ2v) is 6.75. The van der Waals surface area contributed by atoms with Crippen LogP contribution in [0.15, 0.2) is 59.8 Å². The van der Waals surface area contributed by atoms with Crippen LogP contribution in [0.2, 0.25) is 5.02 Å². The zero-order valence-electron chi connectivity index (χ0n) is 14.5. The number of nitrogens with zero attached hydrogens (tertiary/aromatic N) is 4. The maximum Gasteiger partial charge on any atom is 0.264 e. The van der Waals surface area contributed by atoms with Crippen LogP contribution in [-0.2, 0) is 6.54 Å². The second kappa shape index (κ2) is 6.42. The molecule has 2 aromatic heterocycles. The lowest BCUT2D eigenvalue weighted by molar-refractivity contribution is 0.745. The summed E-state index contributed by atoms with van der Waals surface area (Å²) < 4.78 is 3.30. The molecular formula is C20H17ClN4O. The molecule has 26 heavy (non-hydrogen) atoms. The summed E-state index contributed by atoms with van der Waals surface area (Å²) >= 11 is 6.07. The SMILES string of the molecule is Cc1cc(Cn2cnc3c(cnn3-c3ccccc3C)c2=O)ccc1Cl. The standard InChI is InChI=1S/C20H17ClN4O/c1-13-5-3-4-6-18(13)25-19-16(10-23-25)20(26)24(12-22-19)11-15-7-8-17(21)14(2)9-15/h3-10,12H,11H2,1-2H3. The van der Waals surface area contributed by atoms with Crippen molar-refractivity contribution in [2.75, 3.05) is 0 Å². The van der Waals surface area contributed by atoms with Gasteiger partial charge in [-0.05, 0) is 42.7 Å². The molecule has 0 bridgehead atoms. The minimum atomic E-state index is -0.109. The average Bonchev–Trinajstić information content (AvgIpc) is 3.05. The minimum absolute atomic E-state index is 0.109. The van der Waals surface area contributed by atoms with Gasteiger partial charge in [0.05, 0.1) is 18.4 Å². The number of benzene rings is 2. The van der Waals surface area contributed by atoms with Crippen molar-refractivity contribution in [2.45, 2.75) is 20.4 Å². The summed E-state index contributed by atoms with van der Waals surface area (Å²) in [5.74, 6) is 0. The highest BCUT2D eigenvalue weighted by Crippen LogP contribution is 2.18. The van der Waals surface area contributed by atoms with Gasteiger partial charge < -0.3 is 0 Å². The number of hydrogen-bond acceptors (Lipinski definition) is 3. The Hall–Kier alpha value is -2.92. The van der Waals surface area contributed by atoms with Crippen LogP contribution in [0.25, 0.3) is 16.7 Å². The van der Waals surface area contributed by atoms with Crippen LogP contribution in [-0.4, -0.2) is 19.3 Å². The van der Waals surface area contributed by atoms with E-state index in [4.69, 9.17) is 11.6 Å². The van der Waals surface area contributed by atoms with Crippen molar-refractivity contribution in [1.82, 2.24) is 19.3 Å². The van der Waals surface area contributed by atoms with Crippen LogP contribution >= 0.6 is 11.6 Å². The number of fused-ring (bicyclic) bond motifs is 1. The Kier molecular flexibility index (Phi) is 4.09. The fraction of sp³-hybridized carbons (Fsp3) is 0.150. The van der Waals surface area contributed by atoms with Crippen LogP contribution in [0, 0.1) is 13.8 Å². The van der Waals surface area contributed by atoms with Gasteiger partial charge in [-0.3, -0.25) is 9.36 Å². The molecule has 5 nitrogen and oxygen atoms in total. The molecule has 0 amide bonds. The molecule has 0 atom stereocenters. The summed E-state index contributed by atoms with van der Waals surface area (Å²) in [6, 6.07) is 13.6. The Balaban J connectivity index is 1.78. The molecule has 0 aliphatic carbocycles. The van der Waals surface area contributed by atoms with E-state index in [1.54, 1.807) is 21.8 Å². The summed E-state index contributed by atoms with van der Waals surface area (Å²) in [6.07, 6.45) is 3.16. The number of aromatic nitrogens is 4. The molecule has 4 rings (SSSR count). The molecule has 2 aromatic carbocycles. The first-order valence-corrected chi connectivity index (χ1v) is 8.66. The second-order valence-electron chi connectivity index (χ2n) is 6.34. The quantitative estimate of drug-likeness (QED) is 0.554. The van der Waals surface area contributed by atoms with Gasteiger partial charge in [-0.25, -0.2) is 9.67 Å². The lowest BCUT2D eigenvalue weighted by Crippen LogP contribution is -2.21. The highest BCUT2D eigenvalue weighted by atomic mass is 35.5. The molecule has 0 spiro atoms. The fourth-order valence-corrected chi connectivity index (χ4v) is 3.16. The van der Waals surface area contributed by atoms with Crippen LogP contribution in [0.3, 0.4) is 0 Å². The summed E-state index contributed by atoms with van der Waals surface area (Å²) in [5.41, 5.74) is 4.43. The number of halogens is 1. The predicted octanol–water partition coefficient (Wildman–Crippen LogP) is 3.90. The van der Waals surface area contributed by atoms with Gasteiger partial charge in [-0.1, -0.05) is 41.9 Å². The van der Waals surface area contributed by atoms with Crippen LogP contribution in [0.5, 0.6) is 0 Å². The molecule has 130 valence electrons. The van der Waals surface area contributed by atoms with Crippen LogP contribution in [0.1, 0.15) is 16.7 Å². The highest BCUT2D eigenvalue weighted by Gasteiger charge is 2.13. The molecule has 0 saturated carbocycles. The molecule has 0 saturated heterocycles. The van der Waals surface area contributed by atoms with Gasteiger partial charge >= 0.3 is 0 Å². The molecule has 6 heteroatoms. The Morgan fingerprint density at radius 1 is 1.08 bits per heavy atom. The van der Waals surface area contributed by atoms with Gasteiger partial charge in [0.2, 0.25) is 0 Å². The van der Waals surface area contributed by atoms with E-state index >= 15 is 0 Å². The van der Waals surface area contributed by atoms with Crippen molar-refractivity contribution in [2.24, 2.45) is 0 Å². The molecule has 4 aromatic rings. The number of aryl methyl sites for hydroxylation is 2. The third-order valence-electron chi connectivity index (χ3n) is 4.47. The molecule has 0 N–H and O–H groups in total. The van der Waals surface area contributed by atoms with E-state index in [-0.39, 0.29) is 5.56 Å². The van der Waals surface area contributed by atoms with E-state index in [9.17, 15) is 4.79 Å². The minimum Gasteiger partial charge on any atom is -0.294 e. The first-order valence-electron chi connectivity index (χ1n) is 8.29. The summed E-state index contributed by atoms with van der Waals surface area (Å²) in [5, 5.41) is 5.60. The lowest BCUT2D eigenvalue weighted by Gasteiger charge is -2.09. The lowest BCUT2D eigenvalue weighted by atomic mass is 10.1. The van der Waals surface area contributed by atoms with Crippen LogP contribution in [0.4, 0.5) is 0 Å². The highest BCUT2D eigenvalue weighted by molar-refractivity contribution is 6.31. The van der Waals surface area contributed by atoms with E-state index in [2.05, 4.69) is 10.1 Å². The largest absolute Gasteiger partial charge is 0.294 e. The maximum absolute atomic E-state index is 12.9. The normalized spacial score (nSPS) is 11.2. The predicted molar refractivity (Wildman–Crippen MR) is 103 cm³/mol. The molecule has 0 unspecified atom stereocenters. The van der Waals surface area contributed by atoms with Gasteiger partial charge in [0, 0.05) is 5.02 Å². The van der Waals surface area contributed by atoms with E-state index in [0.717, 1.165) is 22.4 Å². The summed E-state index contributed by atoms with van der Waals surface area (Å²) in [7, 11) is 0. The maximum atomic E-state index is 12.9. The van der Waals surface area contributed by atoms with E-state index in [0.29, 0.717) is 22.6 Å². The third-order valence-corrected chi connectivity index (χ3v) is 4.90. The van der Waals surface area contributed by atoms with Gasteiger partial charge in [0.25, 0.3) is 5.56 Å². The number of hydrogen-bond donors (Lipinski definition) is 0. The molecular weight excluding hydrogens is 348 g/mol. The third kappa shape index (κ3) is 2.80. The van der Waals surface area contributed by atoms with E-state index in [1.165, 1.54) is 0 Å². The molecule has 0 aliphatic rings. The van der Waals surface area contributed by atoms with Crippen molar-refractivity contribution in [1.29, 1.82) is 0 Å². The average molecular weight is 365 g/mol. The number of para-hydroxylation sites is 1. The topological polar surface area (TPSA) is 52.7 Å². The first kappa shape index (κ1) is 16.5.